The molecule has 0 atom stereocenters. The average Bonchev–Trinajstić information content (AvgIpc) is 2.57. The van der Waals surface area contributed by atoms with Gasteiger partial charge >= 0.3 is 0 Å². The van der Waals surface area contributed by atoms with E-state index in [9.17, 15) is 0 Å². The molecule has 0 radical (unpaired) electrons. The van der Waals surface area contributed by atoms with Gasteiger partial charge in [0.25, 0.3) is 0 Å². The lowest BCUT2D eigenvalue weighted by atomic mass is 10.2. The van der Waals surface area contributed by atoms with E-state index in [0.29, 0.717) is 19.1 Å². The van der Waals surface area contributed by atoms with Crippen molar-refractivity contribution in [2.75, 3.05) is 6.54 Å². The molecule has 3 N–H and O–H groups in total. The SMILES string of the molecule is CCCNC(N)=NCc1cccc(OCc2ccccc2)c1.I. The van der Waals surface area contributed by atoms with Crippen LogP contribution >= 0.6 is 24.0 Å². The third-order valence-corrected chi connectivity index (χ3v) is 3.13. The fourth-order valence-corrected chi connectivity index (χ4v) is 1.96. The lowest BCUT2D eigenvalue weighted by Gasteiger charge is -2.08. The smallest absolute Gasteiger partial charge is 0.188 e. The molecule has 0 aliphatic rings. The minimum Gasteiger partial charge on any atom is -0.489 e. The van der Waals surface area contributed by atoms with Crippen molar-refractivity contribution in [3.63, 3.8) is 0 Å². The first-order valence-corrected chi connectivity index (χ1v) is 7.57. The van der Waals surface area contributed by atoms with Gasteiger partial charge in [-0.25, -0.2) is 4.99 Å². The van der Waals surface area contributed by atoms with Gasteiger partial charge in [0.2, 0.25) is 0 Å². The molecule has 0 aliphatic carbocycles. The molecule has 0 saturated carbocycles. The number of ether oxygens (including phenoxy) is 1. The predicted octanol–water partition coefficient (Wildman–Crippen LogP) is 3.70. The Bertz CT molecular complexity index is 602. The van der Waals surface area contributed by atoms with Crippen LogP contribution in [0.2, 0.25) is 0 Å². The Hall–Kier alpha value is -1.76. The largest absolute Gasteiger partial charge is 0.489 e. The molecule has 124 valence electrons. The third kappa shape index (κ3) is 7.36. The maximum absolute atomic E-state index is 5.81. The van der Waals surface area contributed by atoms with Crippen LogP contribution in [0.4, 0.5) is 0 Å². The van der Waals surface area contributed by atoms with Crippen LogP contribution in [0.15, 0.2) is 59.6 Å². The Morgan fingerprint density at radius 1 is 1.09 bits per heavy atom. The average molecular weight is 425 g/mol. The Morgan fingerprint density at radius 2 is 1.83 bits per heavy atom. The van der Waals surface area contributed by atoms with Crippen molar-refractivity contribution in [2.45, 2.75) is 26.5 Å². The summed E-state index contributed by atoms with van der Waals surface area (Å²) >= 11 is 0. The number of hydrogen-bond acceptors (Lipinski definition) is 2. The molecule has 2 aromatic carbocycles. The molecule has 0 unspecified atom stereocenters. The van der Waals surface area contributed by atoms with Gasteiger partial charge in [0.15, 0.2) is 5.96 Å². The Morgan fingerprint density at radius 3 is 2.57 bits per heavy atom. The van der Waals surface area contributed by atoms with Crippen molar-refractivity contribution in [1.29, 1.82) is 0 Å². The van der Waals surface area contributed by atoms with Crippen molar-refractivity contribution < 1.29 is 4.74 Å². The normalized spacial score (nSPS) is 10.7. The fraction of sp³-hybridized carbons (Fsp3) is 0.278. The molecule has 0 aromatic heterocycles. The van der Waals surface area contributed by atoms with Crippen molar-refractivity contribution in [1.82, 2.24) is 5.32 Å². The van der Waals surface area contributed by atoms with Gasteiger partial charge in [0.05, 0.1) is 6.54 Å². The summed E-state index contributed by atoms with van der Waals surface area (Å²) < 4.78 is 5.81. The quantitative estimate of drug-likeness (QED) is 0.404. The van der Waals surface area contributed by atoms with Gasteiger partial charge in [0, 0.05) is 6.54 Å². The number of aliphatic imine (C=N–C) groups is 1. The fourth-order valence-electron chi connectivity index (χ4n) is 1.96. The van der Waals surface area contributed by atoms with Crippen molar-refractivity contribution in [3.8, 4) is 5.75 Å². The summed E-state index contributed by atoms with van der Waals surface area (Å²) in [5.41, 5.74) is 8.02. The molecule has 0 aliphatic heterocycles. The molecule has 5 heteroatoms. The summed E-state index contributed by atoms with van der Waals surface area (Å²) in [6, 6.07) is 18.1. The number of guanidine groups is 1. The van der Waals surface area contributed by atoms with Crippen LogP contribution in [-0.2, 0) is 13.2 Å². The number of nitrogens with two attached hydrogens (primary N) is 1. The highest BCUT2D eigenvalue weighted by atomic mass is 127. The van der Waals surface area contributed by atoms with Crippen LogP contribution in [0.25, 0.3) is 0 Å². The first-order valence-electron chi connectivity index (χ1n) is 7.57. The Labute approximate surface area is 155 Å². The van der Waals surface area contributed by atoms with Crippen LogP contribution in [0.3, 0.4) is 0 Å². The summed E-state index contributed by atoms with van der Waals surface area (Å²) in [5.74, 6) is 1.33. The van der Waals surface area contributed by atoms with E-state index in [0.717, 1.165) is 29.8 Å². The number of halogens is 1. The van der Waals surface area contributed by atoms with E-state index in [4.69, 9.17) is 10.5 Å². The number of rotatable bonds is 7. The highest BCUT2D eigenvalue weighted by Gasteiger charge is 1.98. The molecule has 0 fully saturated rings. The second-order valence-electron chi connectivity index (χ2n) is 5.05. The molecule has 0 bridgehead atoms. The molecule has 2 aromatic rings. The number of nitrogens with zero attached hydrogens (tertiary/aromatic N) is 1. The van der Waals surface area contributed by atoms with Gasteiger partial charge in [-0.1, -0.05) is 49.4 Å². The first-order chi connectivity index (χ1) is 10.8. The van der Waals surface area contributed by atoms with E-state index in [1.165, 1.54) is 0 Å². The zero-order chi connectivity index (χ0) is 15.6. The van der Waals surface area contributed by atoms with Crippen LogP contribution in [-0.4, -0.2) is 12.5 Å². The third-order valence-electron chi connectivity index (χ3n) is 3.13. The Kier molecular flexibility index (Phi) is 9.12. The van der Waals surface area contributed by atoms with E-state index < -0.39 is 0 Å². The van der Waals surface area contributed by atoms with Gasteiger partial charge in [-0.2, -0.15) is 0 Å². The predicted molar refractivity (Wildman–Crippen MR) is 106 cm³/mol. The summed E-state index contributed by atoms with van der Waals surface area (Å²) in [6.45, 7) is 4.04. The van der Waals surface area contributed by atoms with E-state index >= 15 is 0 Å². The maximum atomic E-state index is 5.81. The molecule has 23 heavy (non-hydrogen) atoms. The van der Waals surface area contributed by atoms with E-state index in [2.05, 4.69) is 17.2 Å². The van der Waals surface area contributed by atoms with E-state index in [1.54, 1.807) is 0 Å². The van der Waals surface area contributed by atoms with Crippen LogP contribution in [0, 0.1) is 0 Å². The summed E-state index contributed by atoms with van der Waals surface area (Å²) in [7, 11) is 0. The lowest BCUT2D eigenvalue weighted by molar-refractivity contribution is 0.306. The van der Waals surface area contributed by atoms with Gasteiger partial charge in [-0.05, 0) is 29.7 Å². The standard InChI is InChI=1S/C18H23N3O.HI/c1-2-11-20-18(19)21-13-16-9-6-10-17(12-16)22-14-15-7-4-3-5-8-15;/h3-10,12H,2,11,13-14H2,1H3,(H3,19,20,21);1H. The number of hydrogen-bond donors (Lipinski definition) is 2. The van der Waals surface area contributed by atoms with Gasteiger partial charge in [0.1, 0.15) is 12.4 Å². The van der Waals surface area contributed by atoms with Gasteiger partial charge in [-0.15, -0.1) is 24.0 Å². The van der Waals surface area contributed by atoms with Gasteiger partial charge < -0.3 is 15.8 Å². The minimum atomic E-state index is 0. The second kappa shape index (κ2) is 10.9. The highest BCUT2D eigenvalue weighted by Crippen LogP contribution is 2.15. The van der Waals surface area contributed by atoms with Crippen LogP contribution < -0.4 is 15.8 Å². The van der Waals surface area contributed by atoms with Gasteiger partial charge in [-0.3, -0.25) is 0 Å². The second-order valence-corrected chi connectivity index (χ2v) is 5.05. The molecule has 0 amide bonds. The minimum absolute atomic E-state index is 0. The molecular weight excluding hydrogens is 401 g/mol. The topological polar surface area (TPSA) is 59.6 Å². The number of benzene rings is 2. The van der Waals surface area contributed by atoms with Crippen molar-refractivity contribution >= 4 is 29.9 Å². The zero-order valence-corrected chi connectivity index (χ0v) is 15.7. The zero-order valence-electron chi connectivity index (χ0n) is 13.4. The molecular formula is C18H24IN3O. The molecule has 0 heterocycles. The highest BCUT2D eigenvalue weighted by molar-refractivity contribution is 14.0. The molecule has 4 nitrogen and oxygen atoms in total. The number of nitrogens with one attached hydrogen (secondary N) is 1. The lowest BCUT2D eigenvalue weighted by Crippen LogP contribution is -2.32. The Balaban J connectivity index is 0.00000264. The van der Waals surface area contributed by atoms with Crippen LogP contribution in [0.1, 0.15) is 24.5 Å². The first kappa shape index (κ1) is 19.3. The van der Waals surface area contributed by atoms with Crippen LogP contribution in [0.5, 0.6) is 5.75 Å². The molecule has 0 saturated heterocycles. The summed E-state index contributed by atoms with van der Waals surface area (Å²) in [6.07, 6.45) is 1.03. The van der Waals surface area contributed by atoms with Crippen molar-refractivity contribution in [3.05, 3.63) is 65.7 Å². The monoisotopic (exact) mass is 425 g/mol. The van der Waals surface area contributed by atoms with E-state index in [1.807, 2.05) is 54.6 Å². The van der Waals surface area contributed by atoms with E-state index in [-0.39, 0.29) is 24.0 Å². The van der Waals surface area contributed by atoms with Crippen molar-refractivity contribution in [2.24, 2.45) is 10.7 Å². The summed E-state index contributed by atoms with van der Waals surface area (Å²) in [4.78, 5) is 4.32. The summed E-state index contributed by atoms with van der Waals surface area (Å²) in [5, 5.41) is 3.06. The molecule has 0 spiro atoms. The maximum Gasteiger partial charge on any atom is 0.188 e. The molecule has 2 rings (SSSR count).